The highest BCUT2D eigenvalue weighted by molar-refractivity contribution is 6.24. The van der Waals surface area contributed by atoms with Gasteiger partial charge in [-0.2, -0.15) is 0 Å². The molecule has 2 aliphatic heterocycles. The number of aryl methyl sites for hydroxylation is 1. The van der Waals surface area contributed by atoms with E-state index in [1.807, 2.05) is 0 Å². The smallest absolute Gasteiger partial charge is 0.332 e. The molecule has 3 atom stereocenters. The topological polar surface area (TPSA) is 89.0 Å². The lowest BCUT2D eigenvalue weighted by atomic mass is 9.97. The van der Waals surface area contributed by atoms with Crippen LogP contribution in [0.4, 0.5) is 11.5 Å². The van der Waals surface area contributed by atoms with Gasteiger partial charge in [-0.15, -0.1) is 0 Å². The molecule has 28 heavy (non-hydrogen) atoms. The summed E-state index contributed by atoms with van der Waals surface area (Å²) in [6.07, 6.45) is -1.11. The Morgan fingerprint density at radius 1 is 1.11 bits per heavy atom. The minimum atomic E-state index is -1.11. The van der Waals surface area contributed by atoms with Crippen LogP contribution in [0.5, 0.6) is 0 Å². The summed E-state index contributed by atoms with van der Waals surface area (Å²) >= 11 is 0. The van der Waals surface area contributed by atoms with E-state index in [0.29, 0.717) is 17.2 Å². The molecule has 1 aromatic heterocycles. The molecule has 0 spiro atoms. The maximum absolute atomic E-state index is 13.1. The number of anilines is 2. The van der Waals surface area contributed by atoms with E-state index in [9.17, 15) is 14.4 Å². The quantitative estimate of drug-likeness (QED) is 0.587. The molecule has 1 aromatic carbocycles. The largest absolute Gasteiger partial charge is 0.464 e. The number of benzene rings is 1. The van der Waals surface area contributed by atoms with Crippen molar-refractivity contribution in [2.45, 2.75) is 26.0 Å². The molecule has 2 saturated heterocycles. The van der Waals surface area contributed by atoms with Crippen LogP contribution >= 0.6 is 0 Å². The van der Waals surface area contributed by atoms with Gasteiger partial charge in [0.05, 0.1) is 12.3 Å². The number of hydrogen-bond acceptors (Lipinski definition) is 7. The van der Waals surface area contributed by atoms with Crippen LogP contribution in [0.25, 0.3) is 0 Å². The number of amides is 2. The fourth-order valence-corrected chi connectivity index (χ4v) is 3.56. The molecule has 2 amide bonds. The summed E-state index contributed by atoms with van der Waals surface area (Å²) in [5.41, 5.74) is 1.16. The highest BCUT2D eigenvalue weighted by atomic mass is 16.7. The summed E-state index contributed by atoms with van der Waals surface area (Å²) < 4.78 is 5.17. The van der Waals surface area contributed by atoms with E-state index in [4.69, 9.17) is 9.57 Å². The van der Waals surface area contributed by atoms with Crippen molar-refractivity contribution in [3.63, 3.8) is 0 Å². The first-order valence-electron chi connectivity index (χ1n) is 9.02. The van der Waals surface area contributed by atoms with Crippen LogP contribution in [-0.2, 0) is 24.0 Å². The molecule has 2 fully saturated rings. The number of carbonyl (C=O) groups excluding carboxylic acids is 3. The SMILES string of the molecule is CCOC(=O)[C@H]1[C@@H]2C(=O)N(c3ccccc3)C(=O)[C@@H]2ON1c1cccc(C)n1. The Balaban J connectivity index is 1.73. The highest BCUT2D eigenvalue weighted by Gasteiger charge is 2.62. The van der Waals surface area contributed by atoms with Crippen molar-refractivity contribution in [2.75, 3.05) is 16.6 Å². The van der Waals surface area contributed by atoms with Crippen LogP contribution in [0.2, 0.25) is 0 Å². The number of fused-ring (bicyclic) bond motifs is 1. The zero-order valence-corrected chi connectivity index (χ0v) is 15.4. The molecule has 2 aromatic rings. The molecule has 0 unspecified atom stereocenters. The fraction of sp³-hybridized carbons (Fsp3) is 0.300. The molecular weight excluding hydrogens is 362 g/mol. The second kappa shape index (κ2) is 7.05. The van der Waals surface area contributed by atoms with Crippen LogP contribution in [0.3, 0.4) is 0 Å². The molecule has 4 rings (SSSR count). The average Bonchev–Trinajstić information content (AvgIpc) is 3.19. The molecule has 0 aliphatic carbocycles. The lowest BCUT2D eigenvalue weighted by Gasteiger charge is -2.26. The van der Waals surface area contributed by atoms with Crippen LogP contribution in [0.1, 0.15) is 12.6 Å². The van der Waals surface area contributed by atoms with Crippen molar-refractivity contribution in [3.05, 3.63) is 54.2 Å². The van der Waals surface area contributed by atoms with Gasteiger partial charge >= 0.3 is 5.97 Å². The van der Waals surface area contributed by atoms with E-state index in [1.54, 1.807) is 62.4 Å². The van der Waals surface area contributed by atoms with E-state index in [2.05, 4.69) is 4.98 Å². The third kappa shape index (κ3) is 2.82. The van der Waals surface area contributed by atoms with Crippen molar-refractivity contribution >= 4 is 29.3 Å². The average molecular weight is 381 g/mol. The number of pyridine rings is 1. The maximum Gasteiger partial charge on any atom is 0.332 e. The van der Waals surface area contributed by atoms with Gasteiger partial charge < -0.3 is 4.74 Å². The zero-order valence-electron chi connectivity index (χ0n) is 15.4. The van der Waals surface area contributed by atoms with Gasteiger partial charge in [0.15, 0.2) is 18.0 Å². The third-order valence-corrected chi connectivity index (χ3v) is 4.76. The molecule has 3 heterocycles. The Kier molecular flexibility index (Phi) is 4.56. The monoisotopic (exact) mass is 381 g/mol. The first kappa shape index (κ1) is 18.1. The zero-order chi connectivity index (χ0) is 19.8. The first-order valence-corrected chi connectivity index (χ1v) is 9.02. The molecule has 2 aliphatic rings. The van der Waals surface area contributed by atoms with Crippen molar-refractivity contribution in [1.82, 2.24) is 4.98 Å². The van der Waals surface area contributed by atoms with Crippen molar-refractivity contribution in [3.8, 4) is 0 Å². The van der Waals surface area contributed by atoms with Gasteiger partial charge in [-0.25, -0.2) is 19.7 Å². The number of imide groups is 1. The number of esters is 1. The molecule has 144 valence electrons. The lowest BCUT2D eigenvalue weighted by Crippen LogP contribution is -2.45. The van der Waals surface area contributed by atoms with Gasteiger partial charge in [-0.1, -0.05) is 24.3 Å². The van der Waals surface area contributed by atoms with Gasteiger partial charge in [0.25, 0.3) is 5.91 Å². The summed E-state index contributed by atoms with van der Waals surface area (Å²) in [4.78, 5) is 50.0. The third-order valence-electron chi connectivity index (χ3n) is 4.76. The summed E-state index contributed by atoms with van der Waals surface area (Å²) in [6.45, 7) is 3.62. The summed E-state index contributed by atoms with van der Waals surface area (Å²) in [5, 5.41) is 1.23. The number of rotatable bonds is 4. The number of carbonyl (C=O) groups is 3. The summed E-state index contributed by atoms with van der Waals surface area (Å²) in [7, 11) is 0. The van der Waals surface area contributed by atoms with E-state index in [-0.39, 0.29) is 6.61 Å². The second-order valence-corrected chi connectivity index (χ2v) is 6.56. The Morgan fingerprint density at radius 3 is 2.54 bits per heavy atom. The summed E-state index contributed by atoms with van der Waals surface area (Å²) in [5.74, 6) is -2.29. The van der Waals surface area contributed by atoms with Crippen LogP contribution < -0.4 is 9.96 Å². The van der Waals surface area contributed by atoms with Crippen molar-refractivity contribution in [2.24, 2.45) is 5.92 Å². The number of ether oxygens (including phenoxy) is 1. The normalized spacial score (nSPS) is 23.9. The lowest BCUT2D eigenvalue weighted by molar-refractivity contribution is -0.147. The van der Waals surface area contributed by atoms with Crippen LogP contribution in [-0.4, -0.2) is 41.5 Å². The van der Waals surface area contributed by atoms with Gasteiger partial charge in [0, 0.05) is 5.69 Å². The van der Waals surface area contributed by atoms with Crippen LogP contribution in [0, 0.1) is 12.8 Å². The van der Waals surface area contributed by atoms with Gasteiger partial charge in [0.2, 0.25) is 5.91 Å². The summed E-state index contributed by atoms with van der Waals surface area (Å²) in [6, 6.07) is 12.7. The maximum atomic E-state index is 13.1. The molecule has 0 N–H and O–H groups in total. The molecule has 0 radical (unpaired) electrons. The van der Waals surface area contributed by atoms with E-state index in [0.717, 1.165) is 4.90 Å². The molecule has 0 saturated carbocycles. The van der Waals surface area contributed by atoms with E-state index < -0.39 is 35.8 Å². The Labute approximate surface area is 161 Å². The number of hydrogen-bond donors (Lipinski definition) is 0. The minimum absolute atomic E-state index is 0.145. The first-order chi connectivity index (χ1) is 13.5. The van der Waals surface area contributed by atoms with Crippen molar-refractivity contribution in [1.29, 1.82) is 0 Å². The fourth-order valence-electron chi connectivity index (χ4n) is 3.56. The predicted octanol–water partition coefficient (Wildman–Crippen LogP) is 1.63. The van der Waals surface area contributed by atoms with E-state index in [1.165, 1.54) is 5.06 Å². The van der Waals surface area contributed by atoms with Crippen LogP contribution in [0.15, 0.2) is 48.5 Å². The van der Waals surface area contributed by atoms with Gasteiger partial charge in [-0.3, -0.25) is 14.4 Å². The molecular formula is C20H19N3O5. The van der Waals surface area contributed by atoms with E-state index >= 15 is 0 Å². The molecule has 8 nitrogen and oxygen atoms in total. The predicted molar refractivity (Wildman–Crippen MR) is 99.2 cm³/mol. The number of nitrogens with zero attached hydrogens (tertiary/aromatic N) is 3. The highest BCUT2D eigenvalue weighted by Crippen LogP contribution is 2.40. The standard InChI is InChI=1S/C20H19N3O5/c1-3-27-20(26)16-15-17(28-23(16)14-11-7-8-12(2)21-14)19(25)22(18(15)24)13-9-5-4-6-10-13/h4-11,15-17H,3H2,1-2H3/t15-,16+,17+/m0/s1. The molecule has 0 bridgehead atoms. The van der Waals surface area contributed by atoms with Crippen molar-refractivity contribution < 1.29 is 24.0 Å². The minimum Gasteiger partial charge on any atom is -0.464 e. The second-order valence-electron chi connectivity index (χ2n) is 6.56. The number of aromatic nitrogens is 1. The van der Waals surface area contributed by atoms with Gasteiger partial charge in [-0.05, 0) is 38.1 Å². The Hall–Kier alpha value is -3.26. The Morgan fingerprint density at radius 2 is 1.86 bits per heavy atom. The van der Waals surface area contributed by atoms with Gasteiger partial charge in [0.1, 0.15) is 5.92 Å². The number of para-hydroxylation sites is 1. The number of hydroxylamine groups is 1. The molecule has 8 heteroatoms. The Bertz CT molecular complexity index is 932.